The molecular weight excluding hydrogens is 186 g/mol. The van der Waals surface area contributed by atoms with E-state index in [0.29, 0.717) is 6.04 Å². The Labute approximate surface area is 88.6 Å². The maximum atomic E-state index is 4.29. The van der Waals surface area contributed by atoms with Gasteiger partial charge in [0, 0.05) is 11.4 Å². The van der Waals surface area contributed by atoms with Crippen molar-refractivity contribution in [2.24, 2.45) is 0 Å². The molecule has 0 bridgehead atoms. The second-order valence-corrected chi connectivity index (χ2v) is 4.16. The van der Waals surface area contributed by atoms with Gasteiger partial charge in [-0.1, -0.05) is 6.07 Å². The third kappa shape index (κ3) is 1.65. The molecule has 0 spiro atoms. The Hall–Kier alpha value is -1.64. The number of benzene rings is 1. The summed E-state index contributed by atoms with van der Waals surface area (Å²) in [7, 11) is 0. The molecule has 3 nitrogen and oxygen atoms in total. The first-order valence-corrected chi connectivity index (χ1v) is 5.31. The maximum Gasteiger partial charge on any atom is 0.137 e. The fraction of sp³-hybridized carbons (Fsp3) is 0.333. The summed E-state index contributed by atoms with van der Waals surface area (Å²) in [5.41, 5.74) is 2.26. The molecule has 2 aromatic rings. The largest absolute Gasteiger partial charge is 0.367 e. The normalized spacial score (nSPS) is 15.5. The number of rotatable bonds is 2. The minimum atomic E-state index is 0.629. The van der Waals surface area contributed by atoms with E-state index < -0.39 is 0 Å². The summed E-state index contributed by atoms with van der Waals surface area (Å²) < 4.78 is 0. The van der Waals surface area contributed by atoms with E-state index in [9.17, 15) is 0 Å². The Morgan fingerprint density at radius 1 is 1.27 bits per heavy atom. The highest BCUT2D eigenvalue weighted by Crippen LogP contribution is 2.27. The van der Waals surface area contributed by atoms with Crippen molar-refractivity contribution in [1.82, 2.24) is 9.97 Å². The van der Waals surface area contributed by atoms with E-state index in [0.717, 1.165) is 16.7 Å². The molecule has 0 atom stereocenters. The van der Waals surface area contributed by atoms with Gasteiger partial charge >= 0.3 is 0 Å². The molecule has 1 aromatic carbocycles. The summed E-state index contributed by atoms with van der Waals surface area (Å²) in [5, 5.41) is 4.55. The number of fused-ring (bicyclic) bond motifs is 1. The molecule has 1 aliphatic carbocycles. The monoisotopic (exact) mass is 199 g/mol. The molecule has 0 radical (unpaired) electrons. The zero-order chi connectivity index (χ0) is 10.3. The lowest BCUT2D eigenvalue weighted by Crippen LogP contribution is -2.03. The van der Waals surface area contributed by atoms with E-state index in [1.54, 1.807) is 6.33 Å². The number of aryl methyl sites for hydroxylation is 1. The molecule has 3 rings (SSSR count). The zero-order valence-corrected chi connectivity index (χ0v) is 8.70. The SMILES string of the molecule is Cc1ccc2c(NC3CC3)ncnc2c1. The van der Waals surface area contributed by atoms with Crippen LogP contribution in [0.25, 0.3) is 10.9 Å². The van der Waals surface area contributed by atoms with Crippen LogP contribution in [0.2, 0.25) is 0 Å². The highest BCUT2D eigenvalue weighted by molar-refractivity contribution is 5.89. The van der Waals surface area contributed by atoms with Crippen molar-refractivity contribution in [2.75, 3.05) is 5.32 Å². The molecule has 1 aliphatic rings. The molecule has 0 unspecified atom stereocenters. The number of nitrogens with zero attached hydrogens (tertiary/aromatic N) is 2. The number of aromatic nitrogens is 2. The molecule has 0 amide bonds. The minimum Gasteiger partial charge on any atom is -0.367 e. The van der Waals surface area contributed by atoms with Crippen LogP contribution in [0.3, 0.4) is 0 Å². The van der Waals surface area contributed by atoms with Crippen molar-refractivity contribution in [1.29, 1.82) is 0 Å². The summed E-state index contributed by atoms with van der Waals surface area (Å²) >= 11 is 0. The van der Waals surface area contributed by atoms with Crippen molar-refractivity contribution in [2.45, 2.75) is 25.8 Å². The Morgan fingerprint density at radius 2 is 2.13 bits per heavy atom. The van der Waals surface area contributed by atoms with Crippen molar-refractivity contribution in [3.63, 3.8) is 0 Å². The first-order chi connectivity index (χ1) is 7.33. The number of anilines is 1. The second kappa shape index (κ2) is 3.19. The van der Waals surface area contributed by atoms with Crippen molar-refractivity contribution >= 4 is 16.7 Å². The summed E-state index contributed by atoms with van der Waals surface area (Å²) in [6, 6.07) is 6.92. The molecule has 15 heavy (non-hydrogen) atoms. The summed E-state index contributed by atoms with van der Waals surface area (Å²) in [5.74, 6) is 0.975. The van der Waals surface area contributed by atoms with Gasteiger partial charge in [-0.25, -0.2) is 9.97 Å². The Morgan fingerprint density at radius 3 is 2.93 bits per heavy atom. The van der Waals surface area contributed by atoms with Crippen LogP contribution in [0.4, 0.5) is 5.82 Å². The molecule has 1 N–H and O–H groups in total. The maximum absolute atomic E-state index is 4.29. The third-order valence-corrected chi connectivity index (χ3v) is 2.71. The van der Waals surface area contributed by atoms with Gasteiger partial charge in [-0.05, 0) is 37.5 Å². The van der Waals surface area contributed by atoms with Crippen LogP contribution in [0.1, 0.15) is 18.4 Å². The van der Waals surface area contributed by atoms with Crippen LogP contribution in [-0.2, 0) is 0 Å². The molecule has 76 valence electrons. The molecular formula is C12H13N3. The fourth-order valence-electron chi connectivity index (χ4n) is 1.70. The van der Waals surface area contributed by atoms with Crippen LogP contribution >= 0.6 is 0 Å². The van der Waals surface area contributed by atoms with Crippen LogP contribution in [0.5, 0.6) is 0 Å². The van der Waals surface area contributed by atoms with Gasteiger partial charge in [0.25, 0.3) is 0 Å². The fourth-order valence-corrected chi connectivity index (χ4v) is 1.70. The number of hydrogen-bond donors (Lipinski definition) is 1. The van der Waals surface area contributed by atoms with Gasteiger partial charge in [-0.2, -0.15) is 0 Å². The van der Waals surface area contributed by atoms with Crippen LogP contribution in [0, 0.1) is 6.92 Å². The van der Waals surface area contributed by atoms with Gasteiger partial charge in [-0.15, -0.1) is 0 Å². The van der Waals surface area contributed by atoms with Gasteiger partial charge in [0.2, 0.25) is 0 Å². The molecule has 3 heteroatoms. The molecule has 1 saturated carbocycles. The van der Waals surface area contributed by atoms with E-state index in [-0.39, 0.29) is 0 Å². The van der Waals surface area contributed by atoms with E-state index in [4.69, 9.17) is 0 Å². The third-order valence-electron chi connectivity index (χ3n) is 2.71. The standard InChI is InChI=1S/C12H13N3/c1-8-2-5-10-11(6-8)13-7-14-12(10)15-9-3-4-9/h2,5-7,9H,3-4H2,1H3,(H,13,14,15). The Bertz CT molecular complexity index is 503. The summed E-state index contributed by atoms with van der Waals surface area (Å²) in [6.45, 7) is 2.08. The zero-order valence-electron chi connectivity index (χ0n) is 8.70. The predicted molar refractivity (Wildman–Crippen MR) is 60.9 cm³/mol. The smallest absolute Gasteiger partial charge is 0.137 e. The van der Waals surface area contributed by atoms with E-state index in [1.807, 2.05) is 0 Å². The van der Waals surface area contributed by atoms with E-state index in [2.05, 4.69) is 40.4 Å². The Balaban J connectivity index is 2.12. The van der Waals surface area contributed by atoms with Crippen molar-refractivity contribution < 1.29 is 0 Å². The topological polar surface area (TPSA) is 37.8 Å². The lowest BCUT2D eigenvalue weighted by atomic mass is 10.1. The average molecular weight is 199 g/mol. The van der Waals surface area contributed by atoms with Crippen LogP contribution in [-0.4, -0.2) is 16.0 Å². The van der Waals surface area contributed by atoms with Crippen molar-refractivity contribution in [3.8, 4) is 0 Å². The predicted octanol–water partition coefficient (Wildman–Crippen LogP) is 2.51. The lowest BCUT2D eigenvalue weighted by Gasteiger charge is -2.06. The minimum absolute atomic E-state index is 0.629. The van der Waals surface area contributed by atoms with Gasteiger partial charge in [-0.3, -0.25) is 0 Å². The average Bonchev–Trinajstić information content (AvgIpc) is 3.01. The van der Waals surface area contributed by atoms with Gasteiger partial charge in [0.05, 0.1) is 5.52 Å². The van der Waals surface area contributed by atoms with Crippen LogP contribution < -0.4 is 5.32 Å². The molecule has 1 aromatic heterocycles. The lowest BCUT2D eigenvalue weighted by molar-refractivity contribution is 1.10. The van der Waals surface area contributed by atoms with Gasteiger partial charge in [0.15, 0.2) is 0 Å². The number of hydrogen-bond acceptors (Lipinski definition) is 3. The van der Waals surface area contributed by atoms with Crippen LogP contribution in [0.15, 0.2) is 24.5 Å². The molecule has 1 heterocycles. The van der Waals surface area contributed by atoms with E-state index in [1.165, 1.54) is 18.4 Å². The van der Waals surface area contributed by atoms with Crippen molar-refractivity contribution in [3.05, 3.63) is 30.1 Å². The summed E-state index contributed by atoms with van der Waals surface area (Å²) in [4.78, 5) is 8.57. The number of nitrogens with one attached hydrogen (secondary N) is 1. The highest BCUT2D eigenvalue weighted by Gasteiger charge is 2.22. The molecule has 1 fully saturated rings. The second-order valence-electron chi connectivity index (χ2n) is 4.16. The van der Waals surface area contributed by atoms with Gasteiger partial charge in [0.1, 0.15) is 12.1 Å². The highest BCUT2D eigenvalue weighted by atomic mass is 15.1. The first-order valence-electron chi connectivity index (χ1n) is 5.31. The molecule has 0 saturated heterocycles. The van der Waals surface area contributed by atoms with E-state index >= 15 is 0 Å². The molecule has 0 aliphatic heterocycles. The van der Waals surface area contributed by atoms with Gasteiger partial charge < -0.3 is 5.32 Å². The Kier molecular flexibility index (Phi) is 1.84. The summed E-state index contributed by atoms with van der Waals surface area (Å²) in [6.07, 6.45) is 4.15. The first kappa shape index (κ1) is 8.65. The quantitative estimate of drug-likeness (QED) is 0.807.